The Kier molecular flexibility index (Phi) is 7.97. The molecule has 1 aliphatic rings. The Morgan fingerprint density at radius 3 is 2.50 bits per heavy atom. The highest BCUT2D eigenvalue weighted by molar-refractivity contribution is 7.89. The molecule has 28 heavy (non-hydrogen) atoms. The van der Waals surface area contributed by atoms with E-state index in [1.54, 1.807) is 33.0 Å². The van der Waals surface area contributed by atoms with Crippen molar-refractivity contribution in [3.05, 3.63) is 23.8 Å². The quantitative estimate of drug-likeness (QED) is 0.653. The van der Waals surface area contributed by atoms with Gasteiger partial charge in [-0.05, 0) is 51.4 Å². The standard InChI is InChI=1S/C19H29N3O5S/c1-4-27-19(24)14-21(3)13-18(23)20-17-12-16(9-8-15(17)2)28(25,26)22-10-6-5-7-11-22/h8-9,12H,4-7,10-11,13-14H2,1-3H3,(H,20,23). The molecule has 1 aromatic carbocycles. The fraction of sp³-hybridized carbons (Fsp3) is 0.579. The third-order valence-electron chi connectivity index (χ3n) is 4.55. The Morgan fingerprint density at radius 2 is 1.86 bits per heavy atom. The van der Waals surface area contributed by atoms with Gasteiger partial charge in [-0.15, -0.1) is 0 Å². The summed E-state index contributed by atoms with van der Waals surface area (Å²) >= 11 is 0. The largest absolute Gasteiger partial charge is 0.465 e. The lowest BCUT2D eigenvalue weighted by Gasteiger charge is -2.26. The number of piperidine rings is 1. The molecular formula is C19H29N3O5S. The number of hydrogen-bond donors (Lipinski definition) is 1. The SMILES string of the molecule is CCOC(=O)CN(C)CC(=O)Nc1cc(S(=O)(=O)N2CCCCC2)ccc1C. The Hall–Kier alpha value is -1.97. The minimum atomic E-state index is -3.57. The Labute approximate surface area is 166 Å². The van der Waals surface area contributed by atoms with Crippen LogP contribution in [0.25, 0.3) is 0 Å². The molecule has 156 valence electrons. The van der Waals surface area contributed by atoms with E-state index >= 15 is 0 Å². The molecule has 1 heterocycles. The predicted octanol–water partition coefficient (Wildman–Crippen LogP) is 1.60. The van der Waals surface area contributed by atoms with E-state index < -0.39 is 16.0 Å². The number of anilines is 1. The van der Waals surface area contributed by atoms with Crippen molar-refractivity contribution in [1.29, 1.82) is 0 Å². The molecule has 1 amide bonds. The fourth-order valence-corrected chi connectivity index (χ4v) is 4.61. The molecule has 0 spiro atoms. The van der Waals surface area contributed by atoms with E-state index in [2.05, 4.69) is 5.32 Å². The molecule has 0 bridgehead atoms. The molecule has 0 atom stereocenters. The third-order valence-corrected chi connectivity index (χ3v) is 6.45. The number of likely N-dealkylation sites (N-methyl/N-ethyl adjacent to an activating group) is 1. The number of nitrogens with one attached hydrogen (secondary N) is 1. The van der Waals surface area contributed by atoms with Gasteiger partial charge in [0.2, 0.25) is 15.9 Å². The Morgan fingerprint density at radius 1 is 1.18 bits per heavy atom. The zero-order chi connectivity index (χ0) is 20.7. The highest BCUT2D eigenvalue weighted by Gasteiger charge is 2.26. The number of hydrogen-bond acceptors (Lipinski definition) is 6. The first kappa shape index (κ1) is 22.3. The monoisotopic (exact) mass is 411 g/mol. The van der Waals surface area contributed by atoms with Crippen molar-refractivity contribution in [2.24, 2.45) is 0 Å². The number of carbonyl (C=O) groups excluding carboxylic acids is 2. The number of aryl methyl sites for hydroxylation is 1. The van der Waals surface area contributed by atoms with Crippen LogP contribution in [0.1, 0.15) is 31.7 Å². The van der Waals surface area contributed by atoms with Gasteiger partial charge in [0, 0.05) is 18.8 Å². The van der Waals surface area contributed by atoms with Crippen LogP contribution in [-0.4, -0.2) is 69.3 Å². The molecule has 1 fully saturated rings. The first-order valence-corrected chi connectivity index (χ1v) is 10.9. The van der Waals surface area contributed by atoms with Crippen LogP contribution in [0.3, 0.4) is 0 Å². The summed E-state index contributed by atoms with van der Waals surface area (Å²) in [5, 5.41) is 2.75. The van der Waals surface area contributed by atoms with Crippen LogP contribution < -0.4 is 5.32 Å². The summed E-state index contributed by atoms with van der Waals surface area (Å²) in [4.78, 5) is 25.5. The summed E-state index contributed by atoms with van der Waals surface area (Å²) in [5.74, 6) is -0.731. The molecule has 9 heteroatoms. The Balaban J connectivity index is 2.06. The van der Waals surface area contributed by atoms with E-state index in [0.717, 1.165) is 24.8 Å². The molecule has 2 rings (SSSR count). The van der Waals surface area contributed by atoms with Gasteiger partial charge in [0.25, 0.3) is 0 Å². The van der Waals surface area contributed by atoms with Gasteiger partial charge in [0.05, 0.1) is 24.6 Å². The van der Waals surface area contributed by atoms with E-state index in [1.807, 2.05) is 0 Å². The lowest BCUT2D eigenvalue weighted by molar-refractivity contribution is -0.144. The molecule has 1 aliphatic heterocycles. The van der Waals surface area contributed by atoms with E-state index in [0.29, 0.717) is 18.8 Å². The number of nitrogens with zero attached hydrogens (tertiary/aromatic N) is 2. The highest BCUT2D eigenvalue weighted by Crippen LogP contribution is 2.25. The van der Waals surface area contributed by atoms with Gasteiger partial charge in [-0.1, -0.05) is 12.5 Å². The number of benzene rings is 1. The van der Waals surface area contributed by atoms with Crippen LogP contribution in [0.15, 0.2) is 23.1 Å². The molecule has 8 nitrogen and oxygen atoms in total. The Bertz CT molecular complexity index is 804. The minimum absolute atomic E-state index is 0.00359. The number of carbonyl (C=O) groups is 2. The van der Waals surface area contributed by atoms with Gasteiger partial charge in [0.15, 0.2) is 0 Å². The van der Waals surface area contributed by atoms with Gasteiger partial charge in [-0.25, -0.2) is 8.42 Å². The summed E-state index contributed by atoms with van der Waals surface area (Å²) in [6.45, 7) is 4.85. The maximum absolute atomic E-state index is 12.9. The van der Waals surface area contributed by atoms with Crippen LogP contribution in [0.2, 0.25) is 0 Å². The third kappa shape index (κ3) is 6.02. The second kappa shape index (κ2) is 9.99. The van der Waals surface area contributed by atoms with Gasteiger partial charge in [-0.2, -0.15) is 4.31 Å². The lowest BCUT2D eigenvalue weighted by Crippen LogP contribution is -2.36. The van der Waals surface area contributed by atoms with Crippen LogP contribution in [0, 0.1) is 6.92 Å². The van der Waals surface area contributed by atoms with Gasteiger partial charge < -0.3 is 10.1 Å². The molecule has 1 saturated heterocycles. The second-order valence-electron chi connectivity index (χ2n) is 6.97. The number of rotatable bonds is 8. The number of esters is 1. The number of ether oxygens (including phenoxy) is 1. The summed E-state index contributed by atoms with van der Waals surface area (Å²) in [7, 11) is -1.93. The molecule has 0 aliphatic carbocycles. The van der Waals surface area contributed by atoms with E-state index in [4.69, 9.17) is 4.74 Å². The van der Waals surface area contributed by atoms with E-state index in [-0.39, 0.29) is 30.5 Å². The van der Waals surface area contributed by atoms with Crippen molar-refractivity contribution in [1.82, 2.24) is 9.21 Å². The van der Waals surface area contributed by atoms with Crippen LogP contribution in [-0.2, 0) is 24.3 Å². The zero-order valence-corrected chi connectivity index (χ0v) is 17.5. The normalized spacial score (nSPS) is 15.4. The highest BCUT2D eigenvalue weighted by atomic mass is 32.2. The van der Waals surface area contributed by atoms with Crippen molar-refractivity contribution >= 4 is 27.6 Å². The van der Waals surface area contributed by atoms with Crippen molar-refractivity contribution in [3.63, 3.8) is 0 Å². The smallest absolute Gasteiger partial charge is 0.320 e. The summed E-state index contributed by atoms with van der Waals surface area (Å²) in [6.07, 6.45) is 2.77. The van der Waals surface area contributed by atoms with E-state index in [9.17, 15) is 18.0 Å². The maximum Gasteiger partial charge on any atom is 0.320 e. The van der Waals surface area contributed by atoms with Crippen LogP contribution in [0.5, 0.6) is 0 Å². The summed E-state index contributed by atoms with van der Waals surface area (Å²) in [5.41, 5.74) is 1.21. The predicted molar refractivity (Wildman–Crippen MR) is 107 cm³/mol. The first-order chi connectivity index (χ1) is 13.2. The average Bonchev–Trinajstić information content (AvgIpc) is 2.64. The molecule has 0 saturated carbocycles. The number of amides is 1. The first-order valence-electron chi connectivity index (χ1n) is 9.49. The van der Waals surface area contributed by atoms with Gasteiger partial charge >= 0.3 is 5.97 Å². The van der Waals surface area contributed by atoms with Gasteiger partial charge in [0.1, 0.15) is 0 Å². The topological polar surface area (TPSA) is 96.0 Å². The van der Waals surface area contributed by atoms with Gasteiger partial charge in [-0.3, -0.25) is 14.5 Å². The molecule has 0 unspecified atom stereocenters. The van der Waals surface area contributed by atoms with Crippen molar-refractivity contribution in [2.45, 2.75) is 38.0 Å². The molecule has 1 aromatic rings. The van der Waals surface area contributed by atoms with E-state index in [1.165, 1.54) is 15.3 Å². The van der Waals surface area contributed by atoms with Crippen molar-refractivity contribution in [2.75, 3.05) is 45.2 Å². The van der Waals surface area contributed by atoms with Crippen molar-refractivity contribution in [3.8, 4) is 0 Å². The van der Waals surface area contributed by atoms with Crippen molar-refractivity contribution < 1.29 is 22.7 Å². The van der Waals surface area contributed by atoms with Crippen LogP contribution >= 0.6 is 0 Å². The second-order valence-corrected chi connectivity index (χ2v) is 8.90. The summed E-state index contributed by atoms with van der Waals surface area (Å²) < 4.78 is 32.1. The average molecular weight is 412 g/mol. The molecule has 1 N–H and O–H groups in total. The minimum Gasteiger partial charge on any atom is -0.465 e. The number of sulfonamides is 1. The zero-order valence-electron chi connectivity index (χ0n) is 16.7. The fourth-order valence-electron chi connectivity index (χ4n) is 3.07. The maximum atomic E-state index is 12.9. The lowest BCUT2D eigenvalue weighted by atomic mass is 10.2. The molecule has 0 radical (unpaired) electrons. The van der Waals surface area contributed by atoms with Crippen LogP contribution in [0.4, 0.5) is 5.69 Å². The molecular weight excluding hydrogens is 382 g/mol. The molecule has 0 aromatic heterocycles. The summed E-state index contributed by atoms with van der Waals surface area (Å²) in [6, 6.07) is 4.76.